The molecule has 0 bridgehead atoms. The van der Waals surface area contributed by atoms with Gasteiger partial charge >= 0.3 is 0 Å². The highest BCUT2D eigenvalue weighted by Crippen LogP contribution is 2.65. The van der Waals surface area contributed by atoms with Gasteiger partial charge in [-0.15, -0.1) is 0 Å². The van der Waals surface area contributed by atoms with Gasteiger partial charge in [0.1, 0.15) is 0 Å². The first-order chi connectivity index (χ1) is 10.4. The van der Waals surface area contributed by atoms with Crippen LogP contribution in [0.2, 0.25) is 0 Å². The van der Waals surface area contributed by atoms with Gasteiger partial charge in [-0.25, -0.2) is 0 Å². The van der Waals surface area contributed by atoms with Crippen molar-refractivity contribution in [3.05, 3.63) is 11.6 Å². The first-order valence-electron chi connectivity index (χ1n) is 10.1. The van der Waals surface area contributed by atoms with Crippen LogP contribution < -0.4 is 0 Å². The Morgan fingerprint density at radius 1 is 0.762 bits per heavy atom. The summed E-state index contributed by atoms with van der Waals surface area (Å²) < 4.78 is 0. The van der Waals surface area contributed by atoms with E-state index in [4.69, 9.17) is 0 Å². The fraction of sp³-hybridized carbons (Fsp3) is 0.905. The molecule has 118 valence electrons. The van der Waals surface area contributed by atoms with Crippen molar-refractivity contribution < 1.29 is 0 Å². The molecule has 2 atom stereocenters. The minimum atomic E-state index is 0.704. The molecule has 0 N–H and O–H groups in total. The summed E-state index contributed by atoms with van der Waals surface area (Å²) in [6.45, 7) is 0. The van der Waals surface area contributed by atoms with Gasteiger partial charge < -0.3 is 0 Å². The molecule has 0 aromatic rings. The van der Waals surface area contributed by atoms with E-state index in [0.29, 0.717) is 5.41 Å². The quantitative estimate of drug-likeness (QED) is 0.509. The normalized spacial score (nSPS) is 39.0. The average Bonchev–Trinajstić information content (AvgIpc) is 3.03. The molecule has 0 spiro atoms. The Morgan fingerprint density at radius 2 is 1.52 bits per heavy atom. The van der Waals surface area contributed by atoms with Crippen LogP contribution in [0.25, 0.3) is 0 Å². The zero-order valence-electron chi connectivity index (χ0n) is 13.9. The largest absolute Gasteiger partial charge is 0.0847 e. The Balaban J connectivity index is 1.62. The van der Waals surface area contributed by atoms with Crippen molar-refractivity contribution in [2.75, 3.05) is 0 Å². The lowest BCUT2D eigenvalue weighted by Gasteiger charge is -2.60. The van der Waals surface area contributed by atoms with Crippen LogP contribution >= 0.6 is 0 Å². The van der Waals surface area contributed by atoms with E-state index in [9.17, 15) is 0 Å². The van der Waals surface area contributed by atoms with Crippen LogP contribution in [-0.2, 0) is 0 Å². The van der Waals surface area contributed by atoms with E-state index >= 15 is 0 Å². The van der Waals surface area contributed by atoms with Gasteiger partial charge in [0.15, 0.2) is 0 Å². The predicted molar refractivity (Wildman–Crippen MR) is 90.2 cm³/mol. The number of allylic oxidation sites excluding steroid dienone is 2. The molecule has 0 amide bonds. The van der Waals surface area contributed by atoms with Gasteiger partial charge in [0, 0.05) is 0 Å². The fourth-order valence-corrected chi connectivity index (χ4v) is 6.68. The fourth-order valence-electron chi connectivity index (χ4n) is 6.68. The van der Waals surface area contributed by atoms with Gasteiger partial charge in [0.25, 0.3) is 0 Å². The Morgan fingerprint density at radius 3 is 2.14 bits per heavy atom. The van der Waals surface area contributed by atoms with E-state index < -0.39 is 0 Å². The first kappa shape index (κ1) is 14.3. The Kier molecular flexibility index (Phi) is 4.16. The lowest BCUT2D eigenvalue weighted by molar-refractivity contribution is -0.0487. The van der Waals surface area contributed by atoms with Crippen LogP contribution in [0.5, 0.6) is 0 Å². The van der Waals surface area contributed by atoms with Crippen LogP contribution in [-0.4, -0.2) is 0 Å². The Hall–Kier alpha value is -0.260. The van der Waals surface area contributed by atoms with Crippen molar-refractivity contribution in [1.82, 2.24) is 0 Å². The van der Waals surface area contributed by atoms with Crippen molar-refractivity contribution in [3.63, 3.8) is 0 Å². The third kappa shape index (κ3) is 2.41. The van der Waals surface area contributed by atoms with E-state index in [1.54, 1.807) is 38.5 Å². The molecule has 0 nitrogen and oxygen atoms in total. The Bertz CT molecular complexity index is 381. The molecule has 4 aliphatic rings. The SMILES string of the molecule is C1=C(C2(C3CCCCC3)CCC2C2CCCC2)CCCC1. The van der Waals surface area contributed by atoms with Gasteiger partial charge in [-0.05, 0) is 74.5 Å². The zero-order chi connectivity index (χ0) is 14.1. The minimum Gasteiger partial charge on any atom is -0.0847 e. The zero-order valence-corrected chi connectivity index (χ0v) is 13.9. The molecule has 0 saturated heterocycles. The third-order valence-electron chi connectivity index (χ3n) is 7.72. The van der Waals surface area contributed by atoms with Crippen LogP contribution in [0.1, 0.15) is 96.3 Å². The predicted octanol–water partition coefficient (Wildman–Crippen LogP) is 6.65. The van der Waals surface area contributed by atoms with Crippen molar-refractivity contribution >= 4 is 0 Å². The van der Waals surface area contributed by atoms with Crippen molar-refractivity contribution in [3.8, 4) is 0 Å². The highest BCUT2D eigenvalue weighted by molar-refractivity contribution is 5.25. The van der Waals surface area contributed by atoms with Gasteiger partial charge in [-0.2, -0.15) is 0 Å². The van der Waals surface area contributed by atoms with Crippen LogP contribution in [0.15, 0.2) is 11.6 Å². The molecule has 0 radical (unpaired) electrons. The van der Waals surface area contributed by atoms with Gasteiger partial charge in [0.05, 0.1) is 0 Å². The molecule has 3 fully saturated rings. The molecule has 0 aromatic heterocycles. The summed E-state index contributed by atoms with van der Waals surface area (Å²) in [5.74, 6) is 3.26. The summed E-state index contributed by atoms with van der Waals surface area (Å²) in [7, 11) is 0. The van der Waals surface area contributed by atoms with E-state index in [2.05, 4.69) is 6.08 Å². The highest BCUT2D eigenvalue weighted by Gasteiger charge is 2.55. The first-order valence-corrected chi connectivity index (χ1v) is 10.1. The second kappa shape index (κ2) is 6.09. The molecule has 0 aliphatic heterocycles. The summed E-state index contributed by atoms with van der Waals surface area (Å²) in [4.78, 5) is 0. The second-order valence-corrected chi connectivity index (χ2v) is 8.54. The Labute approximate surface area is 131 Å². The summed E-state index contributed by atoms with van der Waals surface area (Å²) in [5.41, 5.74) is 2.67. The maximum absolute atomic E-state index is 2.72. The van der Waals surface area contributed by atoms with Gasteiger partial charge in [0.2, 0.25) is 0 Å². The smallest absolute Gasteiger partial charge is 0.00289 e. The number of hydrogen-bond acceptors (Lipinski definition) is 0. The van der Waals surface area contributed by atoms with Crippen molar-refractivity contribution in [1.29, 1.82) is 0 Å². The lowest BCUT2D eigenvalue weighted by Crippen LogP contribution is -2.51. The molecular weight excluding hydrogens is 252 g/mol. The number of rotatable bonds is 3. The van der Waals surface area contributed by atoms with Crippen molar-refractivity contribution in [2.45, 2.75) is 96.3 Å². The van der Waals surface area contributed by atoms with E-state index in [1.165, 1.54) is 57.8 Å². The topological polar surface area (TPSA) is 0 Å². The van der Waals surface area contributed by atoms with Gasteiger partial charge in [-0.3, -0.25) is 0 Å². The molecule has 4 rings (SSSR count). The van der Waals surface area contributed by atoms with E-state index in [0.717, 1.165) is 17.8 Å². The van der Waals surface area contributed by atoms with Gasteiger partial charge in [-0.1, -0.05) is 56.6 Å². The molecule has 0 heteroatoms. The lowest BCUT2D eigenvalue weighted by atomic mass is 9.45. The summed E-state index contributed by atoms with van der Waals surface area (Å²) in [6, 6.07) is 0. The minimum absolute atomic E-state index is 0.704. The standard InChI is InChI=1S/C21H34/c1-3-11-18(12-4-1)21(19-13-5-2-6-14-19)16-15-20(21)17-9-7-8-10-17/h11,17,19-20H,1-10,12-16H2. The van der Waals surface area contributed by atoms with Crippen LogP contribution in [0, 0.1) is 23.2 Å². The second-order valence-electron chi connectivity index (χ2n) is 8.54. The van der Waals surface area contributed by atoms with Crippen LogP contribution in [0.4, 0.5) is 0 Å². The third-order valence-corrected chi connectivity index (χ3v) is 7.72. The number of hydrogen-bond donors (Lipinski definition) is 0. The molecule has 0 heterocycles. The maximum atomic E-state index is 2.72. The molecule has 3 saturated carbocycles. The van der Waals surface area contributed by atoms with Crippen LogP contribution in [0.3, 0.4) is 0 Å². The van der Waals surface area contributed by atoms with Crippen molar-refractivity contribution in [2.24, 2.45) is 23.2 Å². The summed E-state index contributed by atoms with van der Waals surface area (Å²) in [5, 5.41) is 0. The van der Waals surface area contributed by atoms with E-state index in [1.807, 2.05) is 5.57 Å². The molecular formula is C21H34. The molecule has 0 aromatic carbocycles. The average molecular weight is 287 g/mol. The highest BCUT2D eigenvalue weighted by atomic mass is 14.6. The molecule has 4 aliphatic carbocycles. The maximum Gasteiger partial charge on any atom is -0.00289 e. The molecule has 21 heavy (non-hydrogen) atoms. The summed E-state index contributed by atoms with van der Waals surface area (Å²) in [6.07, 6.45) is 25.5. The monoisotopic (exact) mass is 286 g/mol. The summed E-state index contributed by atoms with van der Waals surface area (Å²) >= 11 is 0. The van der Waals surface area contributed by atoms with E-state index in [-0.39, 0.29) is 0 Å². The molecule has 2 unspecified atom stereocenters.